The molecule has 2 nitrogen and oxygen atoms in total. The van der Waals surface area contributed by atoms with E-state index in [2.05, 4.69) is 25.9 Å². The lowest BCUT2D eigenvalue weighted by atomic mass is 9.89. The lowest BCUT2D eigenvalue weighted by Gasteiger charge is -2.17. The van der Waals surface area contributed by atoms with Crippen molar-refractivity contribution in [2.45, 2.75) is 33.6 Å². The van der Waals surface area contributed by atoms with E-state index in [4.69, 9.17) is 5.21 Å². The molecule has 2 aliphatic rings. The molecule has 0 aromatic heterocycles. The van der Waals surface area contributed by atoms with Crippen molar-refractivity contribution in [3.8, 4) is 0 Å². The first-order valence-electron chi connectivity index (χ1n) is 4.78. The van der Waals surface area contributed by atoms with E-state index in [-0.39, 0.29) is 0 Å². The van der Waals surface area contributed by atoms with Gasteiger partial charge in [-0.2, -0.15) is 0 Å². The maximum Gasteiger partial charge on any atom is 0.0602 e. The molecule has 0 bridgehead atoms. The zero-order valence-corrected chi connectivity index (χ0v) is 8.04. The Morgan fingerprint density at radius 2 is 2.08 bits per heavy atom. The molecule has 2 fully saturated rings. The molecule has 0 aromatic carbocycles. The molecule has 0 saturated heterocycles. The van der Waals surface area contributed by atoms with Gasteiger partial charge in [-0.25, -0.2) is 0 Å². The van der Waals surface area contributed by atoms with Crippen molar-refractivity contribution in [1.29, 1.82) is 0 Å². The van der Waals surface area contributed by atoms with E-state index in [1.807, 2.05) is 0 Å². The van der Waals surface area contributed by atoms with Crippen LogP contribution in [0, 0.1) is 23.2 Å². The Balaban J connectivity index is 2.13. The lowest BCUT2D eigenvalue weighted by Crippen LogP contribution is -2.17. The van der Waals surface area contributed by atoms with Crippen LogP contribution in [0.1, 0.15) is 33.6 Å². The molecule has 3 atom stereocenters. The van der Waals surface area contributed by atoms with Crippen LogP contribution >= 0.6 is 0 Å². The summed E-state index contributed by atoms with van der Waals surface area (Å²) in [6.07, 6.45) is 2.24. The van der Waals surface area contributed by atoms with Gasteiger partial charge in [0, 0.05) is 0 Å². The van der Waals surface area contributed by atoms with Crippen LogP contribution in [-0.4, -0.2) is 10.9 Å². The molecule has 68 valence electrons. The quantitative estimate of drug-likeness (QED) is 0.436. The second kappa shape index (κ2) is 2.24. The number of nitrogens with zero attached hydrogens (tertiary/aromatic N) is 1. The summed E-state index contributed by atoms with van der Waals surface area (Å²) in [5, 5.41) is 12.1. The minimum atomic E-state index is 0.498. The van der Waals surface area contributed by atoms with Crippen LogP contribution in [0.15, 0.2) is 5.16 Å². The van der Waals surface area contributed by atoms with E-state index in [1.54, 1.807) is 0 Å². The highest BCUT2D eigenvalue weighted by molar-refractivity contribution is 5.87. The monoisotopic (exact) mass is 167 g/mol. The second-order valence-corrected chi connectivity index (χ2v) is 4.97. The summed E-state index contributed by atoms with van der Waals surface area (Å²) in [6.45, 7) is 6.82. The van der Waals surface area contributed by atoms with Crippen molar-refractivity contribution in [2.24, 2.45) is 28.3 Å². The van der Waals surface area contributed by atoms with Crippen molar-refractivity contribution < 1.29 is 5.21 Å². The van der Waals surface area contributed by atoms with Crippen molar-refractivity contribution in [1.82, 2.24) is 0 Å². The van der Waals surface area contributed by atoms with Crippen LogP contribution in [0.4, 0.5) is 0 Å². The molecule has 3 unspecified atom stereocenters. The molecule has 2 saturated carbocycles. The van der Waals surface area contributed by atoms with Crippen LogP contribution in [0.2, 0.25) is 0 Å². The van der Waals surface area contributed by atoms with E-state index in [1.165, 1.54) is 6.42 Å². The number of hydrogen-bond donors (Lipinski definition) is 1. The molecular formula is C10H17NO. The van der Waals surface area contributed by atoms with Crippen LogP contribution in [0.5, 0.6) is 0 Å². The smallest absolute Gasteiger partial charge is 0.0602 e. The molecule has 0 radical (unpaired) electrons. The molecule has 2 rings (SSSR count). The predicted molar refractivity (Wildman–Crippen MR) is 48.4 cm³/mol. The van der Waals surface area contributed by atoms with E-state index >= 15 is 0 Å². The summed E-state index contributed by atoms with van der Waals surface area (Å²) in [4.78, 5) is 0. The highest BCUT2D eigenvalue weighted by Gasteiger charge is 2.60. The van der Waals surface area contributed by atoms with Crippen LogP contribution in [0.25, 0.3) is 0 Å². The molecule has 0 aromatic rings. The van der Waals surface area contributed by atoms with Crippen molar-refractivity contribution in [2.75, 3.05) is 0 Å². The van der Waals surface area contributed by atoms with E-state index < -0.39 is 0 Å². The van der Waals surface area contributed by atoms with Crippen molar-refractivity contribution in [3.05, 3.63) is 0 Å². The molecule has 0 spiro atoms. The first-order chi connectivity index (χ1) is 5.57. The highest BCUT2D eigenvalue weighted by Crippen LogP contribution is 2.65. The van der Waals surface area contributed by atoms with Gasteiger partial charge in [-0.3, -0.25) is 0 Å². The van der Waals surface area contributed by atoms with Gasteiger partial charge in [0.1, 0.15) is 0 Å². The van der Waals surface area contributed by atoms with Crippen LogP contribution in [-0.2, 0) is 0 Å². The van der Waals surface area contributed by atoms with Crippen molar-refractivity contribution >= 4 is 5.71 Å². The molecule has 12 heavy (non-hydrogen) atoms. The number of hydrogen-bond acceptors (Lipinski definition) is 2. The van der Waals surface area contributed by atoms with Crippen LogP contribution < -0.4 is 0 Å². The Morgan fingerprint density at radius 3 is 2.67 bits per heavy atom. The molecule has 2 aliphatic carbocycles. The third kappa shape index (κ3) is 0.900. The fourth-order valence-electron chi connectivity index (χ4n) is 2.81. The zero-order chi connectivity index (χ0) is 8.93. The predicted octanol–water partition coefficient (Wildman–Crippen LogP) is 2.52. The number of fused-ring (bicyclic) bond motifs is 1. The third-order valence-corrected chi connectivity index (χ3v) is 4.02. The average molecular weight is 167 g/mol. The molecule has 1 N–H and O–H groups in total. The number of rotatable bonds is 0. The highest BCUT2D eigenvalue weighted by atomic mass is 16.4. The first-order valence-corrected chi connectivity index (χ1v) is 4.78. The van der Waals surface area contributed by atoms with E-state index in [9.17, 15) is 0 Å². The molecule has 0 heterocycles. The summed E-state index contributed by atoms with van der Waals surface area (Å²) in [6, 6.07) is 0. The molecule has 2 heteroatoms. The van der Waals surface area contributed by atoms with Gasteiger partial charge >= 0.3 is 0 Å². The topological polar surface area (TPSA) is 32.6 Å². The minimum Gasteiger partial charge on any atom is -0.411 e. The summed E-state index contributed by atoms with van der Waals surface area (Å²) < 4.78 is 0. The maximum atomic E-state index is 8.76. The van der Waals surface area contributed by atoms with Gasteiger partial charge in [0.15, 0.2) is 0 Å². The minimum absolute atomic E-state index is 0.498. The Hall–Kier alpha value is -0.530. The normalized spacial score (nSPS) is 47.2. The summed E-state index contributed by atoms with van der Waals surface area (Å²) in [5.41, 5.74) is 1.53. The lowest BCUT2D eigenvalue weighted by molar-refractivity contribution is 0.309. The standard InChI is InChI=1S/C10H17NO/c1-6-4-7-8(10(7,2)3)5-9(6)11-12/h6-8,12H,4-5H2,1-3H3/b11-9-. The summed E-state index contributed by atoms with van der Waals surface area (Å²) in [7, 11) is 0. The van der Waals surface area contributed by atoms with Gasteiger partial charge in [-0.1, -0.05) is 25.9 Å². The Morgan fingerprint density at radius 1 is 1.42 bits per heavy atom. The molecule has 0 amide bonds. The zero-order valence-electron chi connectivity index (χ0n) is 8.04. The Kier molecular flexibility index (Phi) is 1.51. The van der Waals surface area contributed by atoms with Gasteiger partial charge in [-0.05, 0) is 36.0 Å². The molecular weight excluding hydrogens is 150 g/mol. The third-order valence-electron chi connectivity index (χ3n) is 4.02. The summed E-state index contributed by atoms with van der Waals surface area (Å²) >= 11 is 0. The SMILES string of the molecule is CC1CC2C(C/C1=N/O)C2(C)C. The second-order valence-electron chi connectivity index (χ2n) is 4.97. The fourth-order valence-corrected chi connectivity index (χ4v) is 2.81. The Bertz CT molecular complexity index is 232. The van der Waals surface area contributed by atoms with Gasteiger partial charge in [-0.15, -0.1) is 0 Å². The first kappa shape index (κ1) is 8.09. The van der Waals surface area contributed by atoms with Gasteiger partial charge in [0.25, 0.3) is 0 Å². The van der Waals surface area contributed by atoms with Gasteiger partial charge in [0.2, 0.25) is 0 Å². The van der Waals surface area contributed by atoms with Crippen molar-refractivity contribution in [3.63, 3.8) is 0 Å². The van der Waals surface area contributed by atoms with Crippen LogP contribution in [0.3, 0.4) is 0 Å². The largest absolute Gasteiger partial charge is 0.411 e. The van der Waals surface area contributed by atoms with Gasteiger partial charge < -0.3 is 5.21 Å². The summed E-state index contributed by atoms with van der Waals surface area (Å²) in [5.74, 6) is 2.18. The number of oxime groups is 1. The maximum absolute atomic E-state index is 8.76. The average Bonchev–Trinajstić information content (AvgIpc) is 2.52. The van der Waals surface area contributed by atoms with E-state index in [0.29, 0.717) is 11.3 Å². The fraction of sp³-hybridized carbons (Fsp3) is 0.900. The van der Waals surface area contributed by atoms with Gasteiger partial charge in [0.05, 0.1) is 5.71 Å². The Labute approximate surface area is 73.7 Å². The van der Waals surface area contributed by atoms with E-state index in [0.717, 1.165) is 24.0 Å². The molecule has 0 aliphatic heterocycles.